The van der Waals surface area contributed by atoms with E-state index in [1.54, 1.807) is 12.1 Å². The lowest BCUT2D eigenvalue weighted by Gasteiger charge is -2.35. The van der Waals surface area contributed by atoms with Crippen LogP contribution in [0.25, 0.3) is 0 Å². The van der Waals surface area contributed by atoms with Crippen LogP contribution >= 0.6 is 0 Å². The lowest BCUT2D eigenvalue weighted by molar-refractivity contribution is 0.143. The number of hydrogen-bond acceptors (Lipinski definition) is 3. The highest BCUT2D eigenvalue weighted by atomic mass is 19.1. The van der Waals surface area contributed by atoms with E-state index >= 15 is 0 Å². The first-order valence-electron chi connectivity index (χ1n) is 6.37. The Balaban J connectivity index is 2.10. The molecule has 2 N–H and O–H groups in total. The van der Waals surface area contributed by atoms with Gasteiger partial charge in [0.2, 0.25) is 0 Å². The zero-order chi connectivity index (χ0) is 13.0. The summed E-state index contributed by atoms with van der Waals surface area (Å²) in [4.78, 5) is 2.24. The van der Waals surface area contributed by atoms with Gasteiger partial charge in [0.15, 0.2) is 0 Å². The molecular weight excluding hydrogens is 229 g/mol. The van der Waals surface area contributed by atoms with Crippen molar-refractivity contribution in [1.82, 2.24) is 4.90 Å². The number of benzene rings is 1. The van der Waals surface area contributed by atoms with Gasteiger partial charge in [0.1, 0.15) is 5.82 Å². The Morgan fingerprint density at radius 3 is 2.94 bits per heavy atom. The van der Waals surface area contributed by atoms with Crippen LogP contribution < -0.4 is 5.73 Å². The summed E-state index contributed by atoms with van der Waals surface area (Å²) in [5.41, 5.74) is 6.77. The predicted octanol–water partition coefficient (Wildman–Crippen LogP) is 2.01. The van der Waals surface area contributed by atoms with E-state index in [2.05, 4.69) is 4.90 Å². The van der Waals surface area contributed by atoms with Crippen molar-refractivity contribution >= 4 is 0 Å². The molecule has 0 aliphatic carbocycles. The first-order valence-corrected chi connectivity index (χ1v) is 6.37. The Bertz CT molecular complexity index is 453. The summed E-state index contributed by atoms with van der Waals surface area (Å²) in [5, 5.41) is 8.71. The van der Waals surface area contributed by atoms with Crippen molar-refractivity contribution < 1.29 is 4.39 Å². The summed E-state index contributed by atoms with van der Waals surface area (Å²) in [5.74, 6) is -0.296. The molecule has 1 aliphatic rings. The number of piperidine rings is 1. The van der Waals surface area contributed by atoms with Gasteiger partial charge in [-0.3, -0.25) is 4.90 Å². The number of nitriles is 1. The van der Waals surface area contributed by atoms with E-state index in [9.17, 15) is 4.39 Å². The number of nitrogens with zero attached hydrogens (tertiary/aromatic N) is 2. The van der Waals surface area contributed by atoms with Crippen molar-refractivity contribution in [3.8, 4) is 6.07 Å². The van der Waals surface area contributed by atoms with Gasteiger partial charge in [0.05, 0.1) is 11.6 Å². The standard InChI is InChI=1S/C14H18FN3/c15-14-7-11(8-16)4-5-12(14)10-18-6-2-1-3-13(18)9-17/h4-5,7,13H,1-3,6,9-10,17H2. The van der Waals surface area contributed by atoms with Crippen LogP contribution in [0.2, 0.25) is 0 Å². The van der Waals surface area contributed by atoms with Crippen LogP contribution in [0.15, 0.2) is 18.2 Å². The smallest absolute Gasteiger partial charge is 0.129 e. The number of nitrogens with two attached hydrogens (primary N) is 1. The van der Waals surface area contributed by atoms with Gasteiger partial charge in [-0.1, -0.05) is 12.5 Å². The van der Waals surface area contributed by atoms with Crippen LogP contribution in [0.4, 0.5) is 4.39 Å². The van der Waals surface area contributed by atoms with Crippen molar-refractivity contribution in [3.05, 3.63) is 35.1 Å². The first-order chi connectivity index (χ1) is 8.74. The SMILES string of the molecule is N#Cc1ccc(CN2CCCCC2CN)c(F)c1. The summed E-state index contributed by atoms with van der Waals surface area (Å²) in [6.07, 6.45) is 3.44. The Kier molecular flexibility index (Phi) is 4.29. The van der Waals surface area contributed by atoms with Crippen molar-refractivity contribution in [2.75, 3.05) is 13.1 Å². The second kappa shape index (κ2) is 5.94. The van der Waals surface area contributed by atoms with Gasteiger partial charge in [0, 0.05) is 24.7 Å². The monoisotopic (exact) mass is 247 g/mol. The highest BCUT2D eigenvalue weighted by Gasteiger charge is 2.21. The van der Waals surface area contributed by atoms with Gasteiger partial charge in [-0.05, 0) is 31.5 Å². The molecule has 3 nitrogen and oxygen atoms in total. The van der Waals surface area contributed by atoms with Crippen molar-refractivity contribution in [2.45, 2.75) is 31.8 Å². The fourth-order valence-electron chi connectivity index (χ4n) is 2.50. The summed E-state index contributed by atoms with van der Waals surface area (Å²) in [6.45, 7) is 2.18. The molecule has 1 atom stereocenters. The third-order valence-electron chi connectivity index (χ3n) is 3.58. The summed E-state index contributed by atoms with van der Waals surface area (Å²) < 4.78 is 13.8. The third-order valence-corrected chi connectivity index (χ3v) is 3.58. The van der Waals surface area contributed by atoms with Crippen LogP contribution in [-0.2, 0) is 6.54 Å². The number of rotatable bonds is 3. The van der Waals surface area contributed by atoms with Crippen LogP contribution in [0.3, 0.4) is 0 Å². The largest absolute Gasteiger partial charge is 0.329 e. The Hall–Kier alpha value is -1.44. The molecule has 1 unspecified atom stereocenters. The molecule has 4 heteroatoms. The minimum atomic E-state index is -0.296. The zero-order valence-electron chi connectivity index (χ0n) is 10.4. The average Bonchev–Trinajstić information content (AvgIpc) is 2.41. The van der Waals surface area contributed by atoms with Crippen LogP contribution in [-0.4, -0.2) is 24.0 Å². The van der Waals surface area contributed by atoms with E-state index in [1.165, 1.54) is 12.5 Å². The average molecular weight is 247 g/mol. The topological polar surface area (TPSA) is 53.0 Å². The summed E-state index contributed by atoms with van der Waals surface area (Å²) in [6, 6.07) is 6.97. The van der Waals surface area contributed by atoms with E-state index < -0.39 is 0 Å². The molecule has 1 aromatic rings. The van der Waals surface area contributed by atoms with E-state index in [-0.39, 0.29) is 5.82 Å². The van der Waals surface area contributed by atoms with Crippen molar-refractivity contribution in [1.29, 1.82) is 5.26 Å². The maximum atomic E-state index is 13.8. The first kappa shape index (κ1) is 13.0. The van der Waals surface area contributed by atoms with Crippen LogP contribution in [0.5, 0.6) is 0 Å². The molecule has 1 aromatic carbocycles. The van der Waals surface area contributed by atoms with E-state index in [0.717, 1.165) is 19.4 Å². The molecule has 0 saturated carbocycles. The van der Waals surface area contributed by atoms with E-state index in [1.807, 2.05) is 6.07 Å². The van der Waals surface area contributed by atoms with E-state index in [4.69, 9.17) is 11.0 Å². The third kappa shape index (κ3) is 2.87. The molecule has 0 aromatic heterocycles. The Labute approximate surface area is 107 Å². The van der Waals surface area contributed by atoms with Gasteiger partial charge in [-0.2, -0.15) is 5.26 Å². The molecule has 0 amide bonds. The van der Waals surface area contributed by atoms with Gasteiger partial charge < -0.3 is 5.73 Å². The number of halogens is 1. The van der Waals surface area contributed by atoms with E-state index in [0.29, 0.717) is 30.3 Å². The van der Waals surface area contributed by atoms with Crippen LogP contribution in [0, 0.1) is 17.1 Å². The molecule has 1 heterocycles. The quantitative estimate of drug-likeness (QED) is 0.889. The Morgan fingerprint density at radius 1 is 1.44 bits per heavy atom. The van der Waals surface area contributed by atoms with Crippen LogP contribution in [0.1, 0.15) is 30.4 Å². The summed E-state index contributed by atoms with van der Waals surface area (Å²) in [7, 11) is 0. The molecule has 96 valence electrons. The maximum Gasteiger partial charge on any atom is 0.129 e. The molecule has 1 aliphatic heterocycles. The number of likely N-dealkylation sites (tertiary alicyclic amines) is 1. The molecule has 0 bridgehead atoms. The highest BCUT2D eigenvalue weighted by Crippen LogP contribution is 2.20. The van der Waals surface area contributed by atoms with Gasteiger partial charge in [0.25, 0.3) is 0 Å². The predicted molar refractivity (Wildman–Crippen MR) is 68.2 cm³/mol. The Morgan fingerprint density at radius 2 is 2.28 bits per heavy atom. The normalized spacial score (nSPS) is 20.6. The molecule has 18 heavy (non-hydrogen) atoms. The second-order valence-corrected chi connectivity index (χ2v) is 4.77. The second-order valence-electron chi connectivity index (χ2n) is 4.77. The van der Waals surface area contributed by atoms with Crippen molar-refractivity contribution in [3.63, 3.8) is 0 Å². The summed E-state index contributed by atoms with van der Waals surface area (Å²) >= 11 is 0. The molecular formula is C14H18FN3. The lowest BCUT2D eigenvalue weighted by atomic mass is 10.0. The maximum absolute atomic E-state index is 13.8. The molecule has 0 radical (unpaired) electrons. The molecule has 1 fully saturated rings. The highest BCUT2D eigenvalue weighted by molar-refractivity contribution is 5.32. The molecule has 1 saturated heterocycles. The lowest BCUT2D eigenvalue weighted by Crippen LogP contribution is -2.43. The fourth-order valence-corrected chi connectivity index (χ4v) is 2.50. The minimum Gasteiger partial charge on any atom is -0.329 e. The number of hydrogen-bond donors (Lipinski definition) is 1. The minimum absolute atomic E-state index is 0.296. The van der Waals surface area contributed by atoms with Crippen molar-refractivity contribution in [2.24, 2.45) is 5.73 Å². The van der Waals surface area contributed by atoms with Gasteiger partial charge in [-0.15, -0.1) is 0 Å². The fraction of sp³-hybridized carbons (Fsp3) is 0.500. The molecule has 0 spiro atoms. The van der Waals surface area contributed by atoms with Gasteiger partial charge in [-0.25, -0.2) is 4.39 Å². The molecule has 2 rings (SSSR count). The zero-order valence-corrected chi connectivity index (χ0v) is 10.4. The van der Waals surface area contributed by atoms with Gasteiger partial charge >= 0.3 is 0 Å².